The summed E-state index contributed by atoms with van der Waals surface area (Å²) in [6.45, 7) is 2.02. The number of carboxylic acid groups (broad SMARTS) is 1. The first-order valence-corrected chi connectivity index (χ1v) is 9.26. The highest BCUT2D eigenvalue weighted by Gasteiger charge is 2.21. The Balaban J connectivity index is 2.01. The molecule has 0 aliphatic rings. The van der Waals surface area contributed by atoms with E-state index >= 15 is 0 Å². The number of fused-ring (bicyclic) bond motifs is 1. The summed E-state index contributed by atoms with van der Waals surface area (Å²) in [4.78, 5) is 27.5. The number of carbonyl (C=O) groups is 2. The number of nitrogens with zero attached hydrogens (tertiary/aromatic N) is 2. The van der Waals surface area contributed by atoms with Crippen molar-refractivity contribution in [2.24, 2.45) is 0 Å². The fourth-order valence-electron chi connectivity index (χ4n) is 3.22. The van der Waals surface area contributed by atoms with E-state index in [1.165, 1.54) is 5.56 Å². The maximum Gasteiger partial charge on any atom is 0.303 e. The number of Topliss-reactive ketones (excluding diaryl/α,β-unsaturated/α-hetero) is 1. The van der Waals surface area contributed by atoms with E-state index in [1.807, 2.05) is 31.2 Å². The van der Waals surface area contributed by atoms with Crippen LogP contribution in [0, 0.1) is 18.3 Å². The van der Waals surface area contributed by atoms with Crippen molar-refractivity contribution in [2.45, 2.75) is 32.6 Å². The number of hydrogen-bond donors (Lipinski definition) is 2. The third-order valence-electron chi connectivity index (χ3n) is 4.82. The van der Waals surface area contributed by atoms with E-state index in [-0.39, 0.29) is 24.1 Å². The Morgan fingerprint density at radius 2 is 1.79 bits per heavy atom. The van der Waals surface area contributed by atoms with E-state index in [9.17, 15) is 20.0 Å². The lowest BCUT2D eigenvalue weighted by atomic mass is 9.97. The predicted octanol–water partition coefficient (Wildman–Crippen LogP) is 3.95. The average Bonchev–Trinajstić information content (AvgIpc) is 2.71. The van der Waals surface area contributed by atoms with Crippen molar-refractivity contribution < 1.29 is 19.8 Å². The largest absolute Gasteiger partial charge is 0.504 e. The zero-order chi connectivity index (χ0) is 21.0. The summed E-state index contributed by atoms with van der Waals surface area (Å²) in [5, 5.41) is 29.2. The monoisotopic (exact) mass is 388 g/mol. The van der Waals surface area contributed by atoms with Crippen LogP contribution < -0.4 is 0 Å². The van der Waals surface area contributed by atoms with Gasteiger partial charge in [-0.25, -0.2) is 4.98 Å². The van der Waals surface area contributed by atoms with Gasteiger partial charge in [0, 0.05) is 11.8 Å². The Kier molecular flexibility index (Phi) is 5.89. The number of pyridine rings is 1. The van der Waals surface area contributed by atoms with E-state index < -0.39 is 17.5 Å². The minimum absolute atomic E-state index is 0.0224. The number of aromatic nitrogens is 1. The summed E-state index contributed by atoms with van der Waals surface area (Å²) in [6, 6.07) is 15.5. The number of hydrogen-bond acceptors (Lipinski definition) is 5. The molecule has 146 valence electrons. The summed E-state index contributed by atoms with van der Waals surface area (Å²) < 4.78 is 0. The van der Waals surface area contributed by atoms with E-state index in [2.05, 4.69) is 17.1 Å². The molecule has 3 rings (SSSR count). The van der Waals surface area contributed by atoms with Crippen LogP contribution >= 0.6 is 0 Å². The van der Waals surface area contributed by atoms with E-state index in [1.54, 1.807) is 12.1 Å². The number of aromatic hydroxyl groups is 1. The van der Waals surface area contributed by atoms with Crippen molar-refractivity contribution in [3.63, 3.8) is 0 Å². The van der Waals surface area contributed by atoms with E-state index in [4.69, 9.17) is 5.11 Å². The Hall–Kier alpha value is -3.72. The molecule has 2 N–H and O–H groups in total. The molecule has 1 heterocycles. The molecular weight excluding hydrogens is 368 g/mol. The molecule has 0 amide bonds. The highest BCUT2D eigenvalue weighted by molar-refractivity contribution is 6.02. The number of aryl methyl sites for hydroxylation is 3. The van der Waals surface area contributed by atoms with Crippen molar-refractivity contribution in [3.05, 3.63) is 70.4 Å². The normalized spacial score (nSPS) is 10.6. The lowest BCUT2D eigenvalue weighted by molar-refractivity contribution is -0.136. The Labute approximate surface area is 168 Å². The van der Waals surface area contributed by atoms with Crippen LogP contribution in [-0.2, 0) is 17.6 Å². The lowest BCUT2D eigenvalue weighted by Crippen LogP contribution is -2.08. The highest BCUT2D eigenvalue weighted by Crippen LogP contribution is 2.31. The number of para-hydroxylation sites is 1. The summed E-state index contributed by atoms with van der Waals surface area (Å²) >= 11 is 0. The van der Waals surface area contributed by atoms with Gasteiger partial charge in [-0.2, -0.15) is 5.26 Å². The van der Waals surface area contributed by atoms with Crippen molar-refractivity contribution >= 4 is 22.7 Å². The number of benzene rings is 2. The molecule has 29 heavy (non-hydrogen) atoms. The molecule has 0 radical (unpaired) electrons. The van der Waals surface area contributed by atoms with Crippen LogP contribution in [0.3, 0.4) is 0 Å². The van der Waals surface area contributed by atoms with Gasteiger partial charge in [-0.15, -0.1) is 0 Å². The Morgan fingerprint density at radius 1 is 1.07 bits per heavy atom. The molecule has 0 aliphatic heterocycles. The van der Waals surface area contributed by atoms with E-state index in [0.29, 0.717) is 17.3 Å². The Morgan fingerprint density at radius 3 is 2.45 bits per heavy atom. The van der Waals surface area contributed by atoms with Gasteiger partial charge in [-0.05, 0) is 30.9 Å². The van der Waals surface area contributed by atoms with Gasteiger partial charge < -0.3 is 10.2 Å². The van der Waals surface area contributed by atoms with Gasteiger partial charge >= 0.3 is 5.97 Å². The maximum atomic E-state index is 12.4. The molecule has 3 aromatic rings. The molecule has 0 fully saturated rings. The zero-order valence-electron chi connectivity index (χ0n) is 16.0. The molecule has 0 saturated heterocycles. The Bertz CT molecular complexity index is 1130. The number of carboxylic acids is 1. The van der Waals surface area contributed by atoms with Crippen LogP contribution in [0.4, 0.5) is 0 Å². The highest BCUT2D eigenvalue weighted by atomic mass is 16.4. The fraction of sp³-hybridized carbons (Fsp3) is 0.217. The van der Waals surface area contributed by atoms with E-state index in [0.717, 1.165) is 17.5 Å². The number of ketones is 1. The standard InChI is InChI=1S/C23H20N2O4/c1-14-5-7-15(8-6-14)9-10-16-3-2-4-17-18(13-24)23(29)22(25-21(16)17)19(26)11-12-20(27)28/h2-8,29H,9-12H2,1H3,(H,27,28). The number of carbonyl (C=O) groups excluding carboxylic acids is 1. The van der Waals surface area contributed by atoms with Crippen molar-refractivity contribution in [1.29, 1.82) is 5.26 Å². The summed E-state index contributed by atoms with van der Waals surface area (Å²) in [5.74, 6) is -2.21. The van der Waals surface area contributed by atoms with Gasteiger partial charge in [0.15, 0.2) is 11.5 Å². The molecule has 6 nitrogen and oxygen atoms in total. The molecule has 1 aromatic heterocycles. The SMILES string of the molecule is Cc1ccc(CCc2cccc3c(C#N)c(O)c(C(=O)CCC(=O)O)nc23)cc1. The van der Waals surface area contributed by atoms with Crippen LogP contribution in [0.25, 0.3) is 10.9 Å². The lowest BCUT2D eigenvalue weighted by Gasteiger charge is -2.11. The number of rotatable bonds is 7. The molecule has 0 spiro atoms. The van der Waals surface area contributed by atoms with Crippen LogP contribution in [0.1, 0.15) is 45.6 Å². The van der Waals surface area contributed by atoms with Gasteiger partial charge in [-0.3, -0.25) is 9.59 Å². The van der Waals surface area contributed by atoms with Gasteiger partial charge in [0.05, 0.1) is 11.9 Å². The number of aliphatic carboxylic acids is 1. The summed E-state index contributed by atoms with van der Waals surface area (Å²) in [7, 11) is 0. The van der Waals surface area contributed by atoms with Crippen LogP contribution in [0.15, 0.2) is 42.5 Å². The van der Waals surface area contributed by atoms with Crippen molar-refractivity contribution in [1.82, 2.24) is 4.98 Å². The topological polar surface area (TPSA) is 111 Å². The predicted molar refractivity (Wildman–Crippen MR) is 108 cm³/mol. The second kappa shape index (κ2) is 8.53. The molecule has 2 aromatic carbocycles. The fourth-order valence-corrected chi connectivity index (χ4v) is 3.22. The minimum Gasteiger partial charge on any atom is -0.504 e. The molecule has 0 aliphatic carbocycles. The third kappa shape index (κ3) is 4.41. The number of nitriles is 1. The summed E-state index contributed by atoms with van der Waals surface area (Å²) in [5.41, 5.74) is 3.40. The van der Waals surface area contributed by atoms with Crippen LogP contribution in [0.5, 0.6) is 5.75 Å². The minimum atomic E-state index is -1.11. The van der Waals surface area contributed by atoms with Gasteiger partial charge in [0.2, 0.25) is 0 Å². The molecule has 0 atom stereocenters. The van der Waals surface area contributed by atoms with Crippen LogP contribution in [0.2, 0.25) is 0 Å². The zero-order valence-corrected chi connectivity index (χ0v) is 16.0. The smallest absolute Gasteiger partial charge is 0.303 e. The van der Waals surface area contributed by atoms with Gasteiger partial charge in [-0.1, -0.05) is 48.0 Å². The van der Waals surface area contributed by atoms with Gasteiger partial charge in [0.25, 0.3) is 0 Å². The maximum absolute atomic E-state index is 12.4. The third-order valence-corrected chi connectivity index (χ3v) is 4.82. The molecule has 0 unspecified atom stereocenters. The summed E-state index contributed by atoms with van der Waals surface area (Å²) in [6.07, 6.45) is 0.741. The molecule has 0 saturated carbocycles. The molecule has 0 bridgehead atoms. The first kappa shape index (κ1) is 20.0. The first-order valence-electron chi connectivity index (χ1n) is 9.26. The average molecular weight is 388 g/mol. The van der Waals surface area contributed by atoms with Crippen LogP contribution in [-0.4, -0.2) is 26.9 Å². The second-order valence-electron chi connectivity index (χ2n) is 6.91. The van der Waals surface area contributed by atoms with Gasteiger partial charge in [0.1, 0.15) is 17.3 Å². The van der Waals surface area contributed by atoms with Crippen molar-refractivity contribution in [3.8, 4) is 11.8 Å². The quantitative estimate of drug-likeness (QED) is 0.593. The first-order chi connectivity index (χ1) is 13.9. The second-order valence-corrected chi connectivity index (χ2v) is 6.91. The van der Waals surface area contributed by atoms with Crippen molar-refractivity contribution in [2.75, 3.05) is 0 Å². The molecule has 6 heteroatoms. The molecular formula is C23H20N2O4.